The summed E-state index contributed by atoms with van der Waals surface area (Å²) in [5.41, 5.74) is 0. The first kappa shape index (κ1) is 25.5. The molecule has 0 spiro atoms. The number of nitrogens with zero attached hydrogens (tertiary/aromatic N) is 2. The topological polar surface area (TPSA) is 6.25 Å². The maximum atomic E-state index is 2.63. The summed E-state index contributed by atoms with van der Waals surface area (Å²) < 4.78 is 2.29. The van der Waals surface area contributed by atoms with Crippen LogP contribution < -0.4 is 0 Å². The summed E-state index contributed by atoms with van der Waals surface area (Å²) >= 11 is 0. The molecule has 0 aliphatic rings. The molecule has 0 rings (SSSR count). The van der Waals surface area contributed by atoms with Crippen LogP contribution in [0.3, 0.4) is 0 Å². The van der Waals surface area contributed by atoms with Crippen LogP contribution in [-0.2, 0) is 0 Å². The second-order valence-electron chi connectivity index (χ2n) is 8.38. The van der Waals surface area contributed by atoms with Gasteiger partial charge in [-0.25, -0.2) is 0 Å². The third-order valence-electron chi connectivity index (χ3n) is 5.67. The van der Waals surface area contributed by atoms with Gasteiger partial charge in [-0.3, -0.25) is 9.48 Å². The fraction of sp³-hybridized carbons (Fsp3) is 0.958. The van der Waals surface area contributed by atoms with E-state index in [9.17, 15) is 0 Å². The first-order valence-electron chi connectivity index (χ1n) is 11.9. The average molecular weight is 368 g/mol. The Kier molecular flexibility index (Phi) is 18.8. The minimum atomic E-state index is 1.24. The molecule has 0 unspecified atom stereocenters. The van der Waals surface area contributed by atoms with Gasteiger partial charge in [-0.1, -0.05) is 90.9 Å². The highest BCUT2D eigenvalue weighted by atomic mass is 15.2. The van der Waals surface area contributed by atoms with Crippen LogP contribution >= 0.6 is 0 Å². The van der Waals surface area contributed by atoms with E-state index in [1.54, 1.807) is 0 Å². The van der Waals surface area contributed by atoms with Crippen molar-refractivity contribution in [2.45, 2.75) is 124 Å². The molecule has 0 aliphatic heterocycles. The van der Waals surface area contributed by atoms with E-state index in [0.717, 1.165) is 0 Å². The zero-order valence-electron chi connectivity index (χ0n) is 19.1. The Hall–Kier alpha value is -0.530. The maximum Gasteiger partial charge on any atom is 0.243 e. The predicted molar refractivity (Wildman–Crippen MR) is 120 cm³/mol. The Morgan fingerprint density at radius 1 is 0.538 bits per heavy atom. The minimum Gasteiger partial charge on any atom is -0.271 e. The van der Waals surface area contributed by atoms with Crippen molar-refractivity contribution in [2.75, 3.05) is 27.2 Å². The highest BCUT2D eigenvalue weighted by Crippen LogP contribution is 2.12. The molecule has 0 N–H and O–H groups in total. The van der Waals surface area contributed by atoms with E-state index in [-0.39, 0.29) is 0 Å². The van der Waals surface area contributed by atoms with E-state index in [1.165, 1.54) is 122 Å². The standard InChI is InChI=1S/C24H51N2/c1-6-8-10-12-14-15-16-17-19-21-23-26(24(3)25(4)5)22-20-18-13-11-9-7-2/h6-23H2,1-5H3/q+1. The molecular weight excluding hydrogens is 316 g/mol. The summed E-state index contributed by atoms with van der Waals surface area (Å²) in [4.78, 5) is 2.63. The lowest BCUT2D eigenvalue weighted by Gasteiger charge is -2.19. The maximum absolute atomic E-state index is 2.63. The number of rotatable bonds is 18. The van der Waals surface area contributed by atoms with Crippen molar-refractivity contribution >= 4 is 5.84 Å². The third kappa shape index (κ3) is 15.7. The third-order valence-corrected chi connectivity index (χ3v) is 5.67. The van der Waals surface area contributed by atoms with Crippen molar-refractivity contribution in [1.82, 2.24) is 4.90 Å². The molecule has 2 heteroatoms. The van der Waals surface area contributed by atoms with Gasteiger partial charge in [-0.05, 0) is 25.7 Å². The van der Waals surface area contributed by atoms with Crippen molar-refractivity contribution in [3.05, 3.63) is 0 Å². The molecule has 2 nitrogen and oxygen atoms in total. The molecule has 0 amide bonds. The van der Waals surface area contributed by atoms with Crippen LogP contribution in [0.2, 0.25) is 0 Å². The molecule has 0 saturated carbocycles. The van der Waals surface area contributed by atoms with Gasteiger partial charge in [-0.2, -0.15) is 0 Å². The molecular formula is C24H51N2+. The first-order chi connectivity index (χ1) is 12.6. The smallest absolute Gasteiger partial charge is 0.243 e. The lowest BCUT2D eigenvalue weighted by atomic mass is 10.1. The van der Waals surface area contributed by atoms with Crippen LogP contribution in [-0.4, -0.2) is 42.5 Å². The molecule has 0 heterocycles. The van der Waals surface area contributed by atoms with E-state index in [4.69, 9.17) is 0 Å². The van der Waals surface area contributed by atoms with Crippen molar-refractivity contribution in [3.8, 4) is 0 Å². The molecule has 0 bridgehead atoms. The molecule has 26 heavy (non-hydrogen) atoms. The van der Waals surface area contributed by atoms with Gasteiger partial charge in [0.1, 0.15) is 0 Å². The van der Waals surface area contributed by atoms with E-state index in [2.05, 4.69) is 44.3 Å². The van der Waals surface area contributed by atoms with Gasteiger partial charge < -0.3 is 0 Å². The summed E-state index contributed by atoms with van der Waals surface area (Å²) in [6.45, 7) is 9.37. The molecule has 0 aliphatic carbocycles. The first-order valence-corrected chi connectivity index (χ1v) is 11.9. The Bertz CT molecular complexity index is 318. The number of hydrogen-bond acceptors (Lipinski definition) is 0. The zero-order chi connectivity index (χ0) is 19.5. The monoisotopic (exact) mass is 367 g/mol. The number of hydrogen-bond donors (Lipinski definition) is 0. The molecule has 0 fully saturated rings. The predicted octanol–water partition coefficient (Wildman–Crippen LogP) is 7.26. The molecule has 0 radical (unpaired) electrons. The van der Waals surface area contributed by atoms with Gasteiger partial charge in [0, 0.05) is 6.92 Å². The minimum absolute atomic E-state index is 1.24. The molecule has 0 atom stereocenters. The average Bonchev–Trinajstić information content (AvgIpc) is 2.63. The molecule has 0 aromatic heterocycles. The lowest BCUT2D eigenvalue weighted by molar-refractivity contribution is -0.470. The Balaban J connectivity index is 3.80. The zero-order valence-corrected chi connectivity index (χ0v) is 19.1. The van der Waals surface area contributed by atoms with Crippen molar-refractivity contribution in [3.63, 3.8) is 0 Å². The van der Waals surface area contributed by atoms with Gasteiger partial charge >= 0.3 is 0 Å². The normalized spacial score (nSPS) is 11.0. The lowest BCUT2D eigenvalue weighted by Crippen LogP contribution is -2.35. The SMILES string of the molecule is CCCCCCCCCCCCN(CCCCCCCC)C(C)=[N+](C)C. The Labute approximate surface area is 166 Å². The van der Waals surface area contributed by atoms with Gasteiger partial charge in [0.05, 0.1) is 27.2 Å². The number of unbranched alkanes of at least 4 members (excludes halogenated alkanes) is 14. The number of amidine groups is 1. The second-order valence-corrected chi connectivity index (χ2v) is 8.38. The largest absolute Gasteiger partial charge is 0.271 e. The van der Waals surface area contributed by atoms with Crippen LogP contribution in [0.5, 0.6) is 0 Å². The van der Waals surface area contributed by atoms with Gasteiger partial charge in [0.15, 0.2) is 0 Å². The summed E-state index contributed by atoms with van der Waals surface area (Å²) in [6.07, 6.45) is 22.6. The van der Waals surface area contributed by atoms with Crippen LogP contribution in [0, 0.1) is 0 Å². The van der Waals surface area contributed by atoms with E-state index < -0.39 is 0 Å². The van der Waals surface area contributed by atoms with E-state index >= 15 is 0 Å². The molecule has 0 aromatic rings. The van der Waals surface area contributed by atoms with Gasteiger partial charge in [0.25, 0.3) is 0 Å². The van der Waals surface area contributed by atoms with Crippen molar-refractivity contribution < 1.29 is 4.58 Å². The highest BCUT2D eigenvalue weighted by Gasteiger charge is 2.14. The van der Waals surface area contributed by atoms with Crippen molar-refractivity contribution in [2.24, 2.45) is 0 Å². The van der Waals surface area contributed by atoms with Crippen LogP contribution in [0.25, 0.3) is 0 Å². The van der Waals surface area contributed by atoms with Gasteiger partial charge in [-0.15, -0.1) is 0 Å². The van der Waals surface area contributed by atoms with E-state index in [0.29, 0.717) is 0 Å². The van der Waals surface area contributed by atoms with Crippen molar-refractivity contribution in [1.29, 1.82) is 0 Å². The summed E-state index contributed by atoms with van der Waals surface area (Å²) in [5, 5.41) is 0. The quantitative estimate of drug-likeness (QED) is 0.107. The summed E-state index contributed by atoms with van der Waals surface area (Å²) in [5.74, 6) is 1.44. The molecule has 0 saturated heterocycles. The van der Waals surface area contributed by atoms with Gasteiger partial charge in [0.2, 0.25) is 5.84 Å². The Morgan fingerprint density at radius 2 is 0.846 bits per heavy atom. The van der Waals surface area contributed by atoms with Crippen LogP contribution in [0.1, 0.15) is 124 Å². The fourth-order valence-corrected chi connectivity index (χ4v) is 3.59. The molecule has 0 aromatic carbocycles. The second kappa shape index (κ2) is 19.2. The highest BCUT2D eigenvalue weighted by molar-refractivity contribution is 5.74. The Morgan fingerprint density at radius 3 is 1.15 bits per heavy atom. The van der Waals surface area contributed by atoms with Crippen LogP contribution in [0.15, 0.2) is 0 Å². The summed E-state index contributed by atoms with van der Waals surface area (Å²) in [6, 6.07) is 0. The van der Waals surface area contributed by atoms with E-state index in [1.807, 2.05) is 0 Å². The fourth-order valence-electron chi connectivity index (χ4n) is 3.59. The summed E-state index contributed by atoms with van der Waals surface area (Å²) in [7, 11) is 4.37. The molecule has 156 valence electrons. The van der Waals surface area contributed by atoms with Crippen LogP contribution in [0.4, 0.5) is 0 Å².